The van der Waals surface area contributed by atoms with Gasteiger partial charge in [-0.2, -0.15) is 0 Å². The molecular weight excluding hydrogens is 880 g/mol. The number of carboxylic acids is 1. The van der Waals surface area contributed by atoms with Crippen molar-refractivity contribution in [3.8, 4) is 0 Å². The Morgan fingerprint density at radius 1 is 0.328 bits per heavy atom. The van der Waals surface area contributed by atoms with Crippen molar-refractivity contribution in [2.75, 3.05) is 78.9 Å². The van der Waals surface area contributed by atoms with Gasteiger partial charge >= 0.3 is 71.6 Å². The number of carboxylic acid groups (broad SMARTS) is 1. The van der Waals surface area contributed by atoms with Crippen molar-refractivity contribution in [1.82, 2.24) is 0 Å². The van der Waals surface area contributed by atoms with Gasteiger partial charge in [-0.1, -0.05) is 0 Å². The van der Waals surface area contributed by atoms with E-state index < -0.39 is 167 Å². The Labute approximate surface area is 361 Å². The molecule has 0 aliphatic carbocycles. The molecule has 0 spiro atoms. The van der Waals surface area contributed by atoms with Gasteiger partial charge in [-0.3, -0.25) is 43.2 Å². The number of rotatable bonds is 23. The number of esters is 11. The number of hydrogen-bond acceptors (Lipinski definition) is 33. The first kappa shape index (κ1) is 64.3. The quantitative estimate of drug-likeness (QED) is 0.0257. The molecule has 34 heteroatoms. The van der Waals surface area contributed by atoms with E-state index in [1.807, 2.05) is 0 Å². The van der Waals surface area contributed by atoms with Gasteiger partial charge in [-0.15, -0.1) is 0 Å². The number of carbonyl (C=O) groups excluding carboxylic acids is 11. The van der Waals surface area contributed by atoms with Crippen molar-refractivity contribution in [3.63, 3.8) is 0 Å². The molecule has 368 valence electrons. The molecule has 0 heterocycles. The van der Waals surface area contributed by atoms with Crippen molar-refractivity contribution < 1.29 is 106 Å². The van der Waals surface area contributed by atoms with Gasteiger partial charge < -0.3 is 117 Å². The van der Waals surface area contributed by atoms with E-state index in [2.05, 4.69) is 37.9 Å². The normalized spacial score (nSPS) is 12.7. The summed E-state index contributed by atoms with van der Waals surface area (Å²) in [7, 11) is 0. The predicted molar refractivity (Wildman–Crippen MR) is 205 cm³/mol. The van der Waals surface area contributed by atoms with Crippen LogP contribution >= 0.6 is 0 Å². The lowest BCUT2D eigenvalue weighted by atomic mass is 10.3. The number of nitrogens with two attached hydrogens (primary N) is 12. The second-order valence-electron chi connectivity index (χ2n) is 11.1. The van der Waals surface area contributed by atoms with Crippen LogP contribution in [0.3, 0.4) is 0 Å². The first-order valence-corrected chi connectivity index (χ1v) is 17.4. The molecule has 0 bridgehead atoms. The zero-order valence-corrected chi connectivity index (χ0v) is 33.9. The molecule has 0 unspecified atom stereocenters. The van der Waals surface area contributed by atoms with Crippen molar-refractivity contribution in [2.45, 2.75) is 36.3 Å². The van der Waals surface area contributed by atoms with Crippen LogP contribution in [0.1, 0.15) is 0 Å². The van der Waals surface area contributed by atoms with Crippen LogP contribution in [0.5, 0.6) is 0 Å². The molecule has 0 aliphatic rings. The smallest absolute Gasteiger partial charge is 0.334 e. The van der Waals surface area contributed by atoms with Gasteiger partial charge in [0.05, 0.1) is 45.9 Å². The average molecular weight is 937 g/mol. The van der Waals surface area contributed by atoms with Crippen molar-refractivity contribution in [2.24, 2.45) is 68.8 Å². The first-order chi connectivity index (χ1) is 29.8. The van der Waals surface area contributed by atoms with E-state index in [1.54, 1.807) is 0 Å². The molecule has 64 heavy (non-hydrogen) atoms. The highest BCUT2D eigenvalue weighted by Crippen LogP contribution is 1.95. The highest BCUT2D eigenvalue weighted by molar-refractivity contribution is 5.90. The molecule has 0 radical (unpaired) electrons. The summed E-state index contributed by atoms with van der Waals surface area (Å²) in [5.74, 6) is -11.3. The van der Waals surface area contributed by atoms with Crippen LogP contribution in [0.4, 0.5) is 0 Å². The molecule has 0 fully saturated rings. The Morgan fingerprint density at radius 3 is 0.703 bits per heavy atom. The summed E-state index contributed by atoms with van der Waals surface area (Å²) in [5.41, 5.74) is 61.0. The minimum absolute atomic E-state index is 0.316. The lowest BCUT2D eigenvalue weighted by Gasteiger charge is -2.14. The van der Waals surface area contributed by atoms with E-state index in [0.717, 1.165) is 0 Å². The fourth-order valence-electron chi connectivity index (χ4n) is 2.39. The van der Waals surface area contributed by atoms with E-state index >= 15 is 0 Å². The Hall–Kier alpha value is -6.28. The largest absolute Gasteiger partial charge is 0.480 e. The van der Waals surface area contributed by atoms with E-state index in [0.29, 0.717) is 0 Å². The lowest BCUT2D eigenvalue weighted by molar-refractivity contribution is -0.164. The SMILES string of the molecule is NCC(=O)OC[C@H](N)C(=O)OC(=O)CN.NCC(=O)OC[C@H](N)C(=O)OC[C@H](N)C(=O)OC(=O)CN.NCC(=O)OC[C@H](N)C(=O)OC[C@H](N)C(=O)OC(=O)CN.N[C@@H](CO)C(=O)O. The number of hydrogen-bond donors (Lipinski definition) is 14. The summed E-state index contributed by atoms with van der Waals surface area (Å²) >= 11 is 0. The molecule has 34 nitrogen and oxygen atoms in total. The molecular formula is C30H56N12O22. The van der Waals surface area contributed by atoms with Crippen molar-refractivity contribution >= 4 is 71.6 Å². The van der Waals surface area contributed by atoms with Crippen molar-refractivity contribution in [1.29, 1.82) is 0 Å². The van der Waals surface area contributed by atoms with E-state index in [-0.39, 0.29) is 19.6 Å². The number of aliphatic hydroxyl groups excluding tert-OH is 1. The van der Waals surface area contributed by atoms with Crippen LogP contribution in [0.25, 0.3) is 0 Å². The number of ether oxygens (including phenoxy) is 8. The fraction of sp³-hybridized carbons (Fsp3) is 0.600. The lowest BCUT2D eigenvalue weighted by Crippen LogP contribution is -2.43. The summed E-state index contributed by atoms with van der Waals surface area (Å²) < 4.78 is 35.3. The zero-order chi connectivity index (χ0) is 50.5. The van der Waals surface area contributed by atoms with Crippen LogP contribution in [0.15, 0.2) is 0 Å². The monoisotopic (exact) mass is 936 g/mol. The standard InChI is InChI=1S/2C10H18N4O7.C7H13N3O5.C3H7NO3/c2*11-1-7(15)19-3-5(13)9(17)20-4-6(14)10(18)21-8(16)2-12;8-1-5(11)14-3-4(10)7(13)15-6(12)2-9;4-2(1-5)3(6)7/h2*5-6H,1-4,11-14H2;4H,1-3,8-10H2;2,5H,1,4H2,(H,6,7)/t2*5-,6-;4-;2-/m0000/s1. The Kier molecular flexibility index (Phi) is 38.6. The maximum Gasteiger partial charge on any atom is 0.334 e. The molecule has 0 aromatic heterocycles. The highest BCUT2D eigenvalue weighted by Gasteiger charge is 2.25. The van der Waals surface area contributed by atoms with E-state index in [4.69, 9.17) is 79.0 Å². The van der Waals surface area contributed by atoms with Crippen LogP contribution in [0.2, 0.25) is 0 Å². The third-order valence-corrected chi connectivity index (χ3v) is 5.75. The maximum absolute atomic E-state index is 11.4. The van der Waals surface area contributed by atoms with Gasteiger partial charge in [0, 0.05) is 0 Å². The topological polar surface area (TPSA) is 631 Å². The minimum Gasteiger partial charge on any atom is -0.480 e. The van der Waals surface area contributed by atoms with Crippen molar-refractivity contribution in [3.05, 3.63) is 0 Å². The maximum atomic E-state index is 11.4. The molecule has 0 amide bonds. The summed E-state index contributed by atoms with van der Waals surface area (Å²) in [4.78, 5) is 130. The third-order valence-electron chi connectivity index (χ3n) is 5.75. The number of aliphatic hydroxyl groups is 1. The molecule has 6 atom stereocenters. The van der Waals surface area contributed by atoms with Gasteiger partial charge in [-0.05, 0) is 0 Å². The second-order valence-corrected chi connectivity index (χ2v) is 11.1. The highest BCUT2D eigenvalue weighted by atomic mass is 16.6. The molecule has 0 saturated heterocycles. The van der Waals surface area contributed by atoms with Crippen LogP contribution < -0.4 is 68.8 Å². The van der Waals surface area contributed by atoms with Gasteiger partial charge in [-0.25, -0.2) is 14.4 Å². The second kappa shape index (κ2) is 38.4. The van der Waals surface area contributed by atoms with Gasteiger partial charge in [0.1, 0.15) is 69.3 Å². The number of aliphatic carboxylic acids is 1. The molecule has 0 aromatic carbocycles. The molecule has 26 N–H and O–H groups in total. The summed E-state index contributed by atoms with van der Waals surface area (Å²) in [5, 5.41) is 15.9. The predicted octanol–water partition coefficient (Wildman–Crippen LogP) is -13.3. The summed E-state index contributed by atoms with van der Waals surface area (Å²) in [6, 6.07) is -7.61. The van der Waals surface area contributed by atoms with Gasteiger partial charge in [0.15, 0.2) is 0 Å². The van der Waals surface area contributed by atoms with E-state index in [1.165, 1.54) is 0 Å². The minimum atomic E-state index is -1.37. The Bertz CT molecular complexity index is 1470. The molecule has 0 saturated carbocycles. The third kappa shape index (κ3) is 35.3. The van der Waals surface area contributed by atoms with Gasteiger partial charge in [0.2, 0.25) is 0 Å². The average Bonchev–Trinajstić information content (AvgIpc) is 3.28. The molecule has 0 aliphatic heterocycles. The first-order valence-electron chi connectivity index (χ1n) is 17.4. The van der Waals surface area contributed by atoms with Crippen LogP contribution in [0, 0.1) is 0 Å². The summed E-state index contributed by atoms with van der Waals surface area (Å²) in [6.07, 6.45) is 0. The number of carbonyl (C=O) groups is 12. The fourth-order valence-corrected chi connectivity index (χ4v) is 2.39. The zero-order valence-electron chi connectivity index (χ0n) is 33.9. The van der Waals surface area contributed by atoms with Gasteiger partial charge in [0.25, 0.3) is 0 Å². The van der Waals surface area contributed by atoms with E-state index in [9.17, 15) is 57.5 Å². The van der Waals surface area contributed by atoms with Crippen LogP contribution in [-0.2, 0) is 95.4 Å². The molecule has 0 rings (SSSR count). The summed E-state index contributed by atoms with van der Waals surface area (Å²) in [6.45, 7) is -5.32. The molecule has 0 aromatic rings. The Morgan fingerprint density at radius 2 is 0.531 bits per heavy atom. The Balaban J connectivity index is -0.000000396. The van der Waals surface area contributed by atoms with Crippen LogP contribution in [-0.4, -0.2) is 197 Å².